The van der Waals surface area contributed by atoms with Crippen molar-refractivity contribution in [2.75, 3.05) is 17.2 Å². The smallest absolute Gasteiger partial charge is 0.388 e. The summed E-state index contributed by atoms with van der Waals surface area (Å²) >= 11 is 0. The molecule has 3 aromatic heterocycles. The van der Waals surface area contributed by atoms with Gasteiger partial charge in [0.25, 0.3) is 17.7 Å². The minimum atomic E-state index is -0.702. The number of aromatic nitrogens is 4. The molecule has 0 bridgehead atoms. The zero-order chi connectivity index (χ0) is 25.9. The van der Waals surface area contributed by atoms with Crippen molar-refractivity contribution in [2.45, 2.75) is 6.42 Å². The molecular formula is C20H24N10O5. The van der Waals surface area contributed by atoms with Crippen molar-refractivity contribution in [1.82, 2.24) is 24.2 Å². The van der Waals surface area contributed by atoms with Gasteiger partial charge in [0.1, 0.15) is 11.4 Å². The lowest BCUT2D eigenvalue weighted by molar-refractivity contribution is -0.389. The molecule has 15 heteroatoms. The molecule has 0 aromatic carbocycles. The molecule has 3 heterocycles. The van der Waals surface area contributed by atoms with Gasteiger partial charge in [-0.05, 0) is 17.1 Å². The van der Waals surface area contributed by atoms with E-state index < -0.39 is 22.6 Å². The van der Waals surface area contributed by atoms with E-state index in [0.717, 1.165) is 10.7 Å². The number of amides is 3. The average molecular weight is 484 g/mol. The van der Waals surface area contributed by atoms with Crippen LogP contribution in [0.15, 0.2) is 30.6 Å². The van der Waals surface area contributed by atoms with Gasteiger partial charge in [0.15, 0.2) is 5.69 Å². The number of amidine groups is 1. The zero-order valence-corrected chi connectivity index (χ0v) is 19.2. The SMILES string of the molecule is Cn1cc(NC(=O)c2cc(NC(=O)c3cc([N+](=O)[O-])nn3C)cn2C)cc1C(=O)NCCC(=N)N. The minimum absolute atomic E-state index is 0.0232. The number of nitrogens with zero attached hydrogens (tertiary/aromatic N) is 5. The van der Waals surface area contributed by atoms with Crippen molar-refractivity contribution in [1.29, 1.82) is 5.41 Å². The van der Waals surface area contributed by atoms with E-state index in [9.17, 15) is 24.5 Å². The molecule has 0 atom stereocenters. The highest BCUT2D eigenvalue weighted by Crippen LogP contribution is 2.19. The Hall–Kier alpha value is -4.95. The van der Waals surface area contributed by atoms with Crippen LogP contribution in [0, 0.1) is 15.5 Å². The molecule has 0 fully saturated rings. The molecule has 0 aliphatic heterocycles. The van der Waals surface area contributed by atoms with Crippen LogP contribution in [-0.2, 0) is 21.1 Å². The average Bonchev–Trinajstić information content (AvgIpc) is 3.44. The second kappa shape index (κ2) is 9.90. The second-order valence-corrected chi connectivity index (χ2v) is 7.66. The van der Waals surface area contributed by atoms with Gasteiger partial charge < -0.3 is 40.9 Å². The van der Waals surface area contributed by atoms with Crippen LogP contribution in [0.5, 0.6) is 0 Å². The predicted octanol–water partition coefficient (Wildman–Crippen LogP) is 0.566. The fourth-order valence-electron chi connectivity index (χ4n) is 3.26. The van der Waals surface area contributed by atoms with E-state index in [0.29, 0.717) is 17.1 Å². The normalized spacial score (nSPS) is 10.6. The van der Waals surface area contributed by atoms with E-state index in [2.05, 4.69) is 21.0 Å². The van der Waals surface area contributed by atoms with Crippen molar-refractivity contribution >= 4 is 40.7 Å². The van der Waals surface area contributed by atoms with Gasteiger partial charge in [-0.1, -0.05) is 0 Å². The Morgan fingerprint density at radius 1 is 0.971 bits per heavy atom. The molecule has 0 unspecified atom stereocenters. The van der Waals surface area contributed by atoms with Crippen molar-refractivity contribution in [2.24, 2.45) is 26.9 Å². The second-order valence-electron chi connectivity index (χ2n) is 7.66. The van der Waals surface area contributed by atoms with Gasteiger partial charge in [0.05, 0.1) is 35.4 Å². The third-order valence-corrected chi connectivity index (χ3v) is 4.96. The number of hydrogen-bond donors (Lipinski definition) is 5. The molecule has 3 amide bonds. The van der Waals surface area contributed by atoms with Gasteiger partial charge in [-0.2, -0.15) is 4.68 Å². The standard InChI is InChI=1S/C20H24N10O5/c1-27-9-11(6-13(27)18(31)23-5-4-16(21)22)24-19(32)14-7-12(10-28(14)2)25-20(33)15-8-17(30(34)35)26-29(15)3/h6-10H,4-5H2,1-3H3,(H3,21,22)(H,23,31)(H,24,32)(H,25,33). The monoisotopic (exact) mass is 484 g/mol. The molecule has 3 rings (SSSR count). The molecule has 0 saturated heterocycles. The molecule has 35 heavy (non-hydrogen) atoms. The molecule has 6 N–H and O–H groups in total. The van der Waals surface area contributed by atoms with Crippen molar-refractivity contribution in [3.05, 3.63) is 57.8 Å². The number of carbonyl (C=O) groups is 3. The first-order valence-corrected chi connectivity index (χ1v) is 10.2. The van der Waals surface area contributed by atoms with E-state index in [4.69, 9.17) is 11.1 Å². The number of aryl methyl sites for hydroxylation is 3. The van der Waals surface area contributed by atoms with E-state index in [-0.39, 0.29) is 36.1 Å². The lowest BCUT2D eigenvalue weighted by atomic mass is 10.3. The Morgan fingerprint density at radius 3 is 1.97 bits per heavy atom. The van der Waals surface area contributed by atoms with Crippen LogP contribution in [0.1, 0.15) is 37.9 Å². The van der Waals surface area contributed by atoms with Gasteiger partial charge in [-0.15, -0.1) is 0 Å². The van der Waals surface area contributed by atoms with E-state index in [1.165, 1.54) is 29.9 Å². The summed E-state index contributed by atoms with van der Waals surface area (Å²) in [6.45, 7) is 0.213. The number of nitro groups is 1. The van der Waals surface area contributed by atoms with Crippen LogP contribution in [0.25, 0.3) is 0 Å². The highest BCUT2D eigenvalue weighted by molar-refractivity contribution is 6.07. The lowest BCUT2D eigenvalue weighted by Gasteiger charge is -2.04. The number of anilines is 2. The molecule has 15 nitrogen and oxygen atoms in total. The summed E-state index contributed by atoms with van der Waals surface area (Å²) in [7, 11) is 4.66. The maximum absolute atomic E-state index is 12.8. The van der Waals surface area contributed by atoms with E-state index in [1.807, 2.05) is 0 Å². The molecule has 3 aromatic rings. The molecule has 0 aliphatic rings. The summed E-state index contributed by atoms with van der Waals surface area (Å²) in [5.41, 5.74) is 6.44. The van der Waals surface area contributed by atoms with Crippen LogP contribution in [0.3, 0.4) is 0 Å². The molecular weight excluding hydrogens is 460 g/mol. The summed E-state index contributed by atoms with van der Waals surface area (Å²) in [5.74, 6) is -1.99. The van der Waals surface area contributed by atoms with Crippen molar-refractivity contribution in [3.8, 4) is 0 Å². The van der Waals surface area contributed by atoms with Gasteiger partial charge in [0.2, 0.25) is 0 Å². The quantitative estimate of drug-likeness (QED) is 0.126. The van der Waals surface area contributed by atoms with E-state index >= 15 is 0 Å². The summed E-state index contributed by atoms with van der Waals surface area (Å²) in [6.07, 6.45) is 3.30. The van der Waals surface area contributed by atoms with Crippen LogP contribution in [-0.4, -0.2) is 53.9 Å². The zero-order valence-electron chi connectivity index (χ0n) is 19.2. The third kappa shape index (κ3) is 5.70. The fourth-order valence-corrected chi connectivity index (χ4v) is 3.26. The molecule has 0 aliphatic carbocycles. The van der Waals surface area contributed by atoms with Gasteiger partial charge in [-0.25, -0.2) is 0 Å². The Balaban J connectivity index is 1.68. The fraction of sp³-hybridized carbons (Fsp3) is 0.250. The topological polar surface area (TPSA) is 208 Å². The summed E-state index contributed by atoms with van der Waals surface area (Å²) in [5, 5.41) is 29.6. The highest BCUT2D eigenvalue weighted by Gasteiger charge is 2.22. The Labute approximate surface area is 198 Å². The Morgan fingerprint density at radius 2 is 1.49 bits per heavy atom. The van der Waals surface area contributed by atoms with Crippen molar-refractivity contribution < 1.29 is 19.3 Å². The third-order valence-electron chi connectivity index (χ3n) is 4.96. The Bertz CT molecular complexity index is 1330. The largest absolute Gasteiger partial charge is 0.390 e. The number of rotatable bonds is 9. The molecule has 0 spiro atoms. The first kappa shape index (κ1) is 24.7. The van der Waals surface area contributed by atoms with Crippen molar-refractivity contribution in [3.63, 3.8) is 0 Å². The van der Waals surface area contributed by atoms with Crippen LogP contribution < -0.4 is 21.7 Å². The summed E-state index contributed by atoms with van der Waals surface area (Å²) < 4.78 is 4.13. The molecule has 0 radical (unpaired) electrons. The van der Waals surface area contributed by atoms with E-state index in [1.54, 1.807) is 24.9 Å². The van der Waals surface area contributed by atoms with Gasteiger partial charge >= 0.3 is 5.82 Å². The van der Waals surface area contributed by atoms with Crippen LogP contribution in [0.4, 0.5) is 17.2 Å². The van der Waals surface area contributed by atoms with Gasteiger partial charge in [-0.3, -0.25) is 19.8 Å². The first-order valence-electron chi connectivity index (χ1n) is 10.2. The van der Waals surface area contributed by atoms with Gasteiger partial charge in [0, 0.05) is 39.5 Å². The lowest BCUT2D eigenvalue weighted by Crippen LogP contribution is -2.28. The Kier molecular flexibility index (Phi) is 6.98. The minimum Gasteiger partial charge on any atom is -0.388 e. The number of nitrogens with two attached hydrogens (primary N) is 1. The maximum Gasteiger partial charge on any atom is 0.390 e. The number of hydrogen-bond acceptors (Lipinski definition) is 7. The maximum atomic E-state index is 12.8. The highest BCUT2D eigenvalue weighted by atomic mass is 16.6. The summed E-state index contributed by atoms with van der Waals surface area (Å²) in [4.78, 5) is 47.8. The molecule has 184 valence electrons. The molecule has 0 saturated carbocycles. The first-order chi connectivity index (χ1) is 16.5. The van der Waals surface area contributed by atoms with Crippen LogP contribution in [0.2, 0.25) is 0 Å². The summed E-state index contributed by atoms with van der Waals surface area (Å²) in [6, 6.07) is 3.99. The predicted molar refractivity (Wildman–Crippen MR) is 125 cm³/mol. The van der Waals surface area contributed by atoms with Crippen LogP contribution >= 0.6 is 0 Å². The number of nitrogens with one attached hydrogen (secondary N) is 4. The number of carbonyl (C=O) groups excluding carboxylic acids is 3.